The fourth-order valence-corrected chi connectivity index (χ4v) is 19.8. The lowest BCUT2D eigenvalue weighted by Crippen LogP contribution is -2.64. The third-order valence-electron chi connectivity index (χ3n) is 18.2. The lowest BCUT2D eigenvalue weighted by molar-refractivity contribution is -0.272. The summed E-state index contributed by atoms with van der Waals surface area (Å²) in [4.78, 5) is 93.8. The first-order valence-electron chi connectivity index (χ1n) is 38.3. The number of amides is 6. The van der Waals surface area contributed by atoms with Crippen LogP contribution in [-0.2, 0) is 123 Å². The van der Waals surface area contributed by atoms with Gasteiger partial charge in [0.05, 0.1) is 42.0 Å². The fourth-order valence-electron chi connectivity index (χ4n) is 11.6. The number of nitrogens with two attached hydrogens (primary N) is 1. The maximum Gasteiger partial charge on any atom is 0.282 e. The van der Waals surface area contributed by atoms with E-state index in [1.165, 1.54) is 103 Å². The third kappa shape index (κ3) is 28.4. The Balaban J connectivity index is 0.000000414. The first kappa shape index (κ1) is 100. The number of aliphatic hydroxyl groups excluding tert-OH is 1. The molecule has 6 amide bonds. The van der Waals surface area contributed by atoms with Crippen LogP contribution < -0.4 is 56.7 Å². The van der Waals surface area contributed by atoms with Gasteiger partial charge in [0.1, 0.15) is 42.2 Å². The summed E-state index contributed by atoms with van der Waals surface area (Å²) in [6, 6.07) is 51.5. The summed E-state index contributed by atoms with van der Waals surface area (Å²) in [7, 11) is -27.3. The van der Waals surface area contributed by atoms with Crippen LogP contribution in [0.4, 0.5) is 0 Å². The number of hydrogen-bond acceptors (Lipinski definition) is 26. The molecular formula is C81H95N13O23S8. The zero-order valence-corrected chi connectivity index (χ0v) is 74.4. The molecule has 0 bridgehead atoms. The molecule has 1 unspecified atom stereocenters. The van der Waals surface area contributed by atoms with Gasteiger partial charge in [-0.3, -0.25) is 38.8 Å². The Morgan fingerprint density at radius 2 is 0.776 bits per heavy atom. The van der Waals surface area contributed by atoms with Gasteiger partial charge in [-0.05, 0) is 156 Å². The molecule has 0 fully saturated rings. The lowest BCUT2D eigenvalue weighted by atomic mass is 10.1. The van der Waals surface area contributed by atoms with E-state index in [0.717, 1.165) is 85.9 Å². The number of aryl methyl sites for hydroxylation is 3. The van der Waals surface area contributed by atoms with Crippen LogP contribution >= 0.6 is 25.3 Å². The minimum Gasteiger partial charge on any atom is -0.391 e. The Kier molecular flexibility index (Phi) is 37.1. The number of hydrazine groups is 1. The van der Waals surface area contributed by atoms with Crippen molar-refractivity contribution in [1.82, 2.24) is 60.6 Å². The number of benzene rings is 9. The Morgan fingerprint density at radius 1 is 0.424 bits per heavy atom. The first-order chi connectivity index (χ1) is 59.3. The van der Waals surface area contributed by atoms with Crippen molar-refractivity contribution in [2.75, 3.05) is 18.9 Å². The number of nitrogens with one attached hydrogen (secondary N) is 10. The monoisotopic (exact) mass is 1870 g/mol. The van der Waals surface area contributed by atoms with Gasteiger partial charge in [0, 0.05) is 5.75 Å². The number of hydroxylamine groups is 6. The summed E-state index contributed by atoms with van der Waals surface area (Å²) in [6.45, 7) is 6.16. The number of carbonyl (C=O) groups is 6. The summed E-state index contributed by atoms with van der Waals surface area (Å²) < 4.78 is 173. The molecule has 7 atom stereocenters. The summed E-state index contributed by atoms with van der Waals surface area (Å²) in [5.74, 6) is -8.17. The fraction of sp³-hybridized carbons (Fsp3) is 0.259. The highest BCUT2D eigenvalue weighted by molar-refractivity contribution is 7.91. The van der Waals surface area contributed by atoms with Gasteiger partial charge < -0.3 is 10.8 Å². The van der Waals surface area contributed by atoms with E-state index in [9.17, 15) is 76.0 Å². The van der Waals surface area contributed by atoms with Gasteiger partial charge in [0.15, 0.2) is 0 Å². The largest absolute Gasteiger partial charge is 0.391 e. The van der Waals surface area contributed by atoms with Crippen LogP contribution in [0, 0.1) is 0 Å². The van der Waals surface area contributed by atoms with Crippen molar-refractivity contribution in [1.29, 1.82) is 0 Å². The zero-order chi connectivity index (χ0) is 91.5. The highest BCUT2D eigenvalue weighted by Gasteiger charge is 2.46. The van der Waals surface area contributed by atoms with Crippen molar-refractivity contribution in [3.05, 3.63) is 253 Å². The molecule has 9 rings (SSSR count). The Labute approximate surface area is 736 Å². The molecule has 0 aliphatic rings. The van der Waals surface area contributed by atoms with Gasteiger partial charge >= 0.3 is 0 Å². The molecule has 0 aromatic heterocycles. The van der Waals surface area contributed by atoms with Crippen LogP contribution in [0.3, 0.4) is 0 Å². The predicted molar refractivity (Wildman–Crippen MR) is 467 cm³/mol. The van der Waals surface area contributed by atoms with Crippen LogP contribution in [0.1, 0.15) is 70.6 Å². The van der Waals surface area contributed by atoms with E-state index >= 15 is 8.42 Å². The van der Waals surface area contributed by atoms with Crippen molar-refractivity contribution < 1.29 is 104 Å². The SMILES string of the molecule is CCCc1ccc(S(=O)(=O)N[C@@H](CONC(=O)[C@H](CS)NS(=O)(=O)c2ccc(CCC)cc2)C(=O)NO)cc1.CCCc1ccc(S(=O)(=O)N[C@H](C(=O)NONC(=O)[C@@H](N)C(S)N(N(ONC(=O)CNS(=O)(=O)c2ccc(-c3ccccc3)cc2)C(=O)[C@H](C)NS(=O)(=O)c2ccc(-c3ccccc3)cc2)S(=O)(=O)c2ccc(-c3ccccc3)cc2)[C@@H](C)O)cc1. The molecule has 0 radical (unpaired) electrons. The Bertz CT molecular complexity index is 5860. The van der Waals surface area contributed by atoms with E-state index in [4.69, 9.17) is 25.7 Å². The van der Waals surface area contributed by atoms with Crippen LogP contribution in [-0.4, -0.2) is 166 Å². The maximum absolute atomic E-state index is 15.2. The second kappa shape index (κ2) is 46.3. The molecular weight excluding hydrogens is 1780 g/mol. The Morgan fingerprint density at radius 3 is 1.16 bits per heavy atom. The topological polar surface area (TPSA) is 528 Å². The summed E-state index contributed by atoms with van der Waals surface area (Å²) in [5, 5.41) is 16.9. The molecule has 9 aromatic carbocycles. The average Bonchev–Trinajstić information content (AvgIpc) is 0.763. The highest BCUT2D eigenvalue weighted by atomic mass is 32.2. The molecule has 0 saturated heterocycles. The normalized spacial score (nSPS) is 13.7. The standard InChI is InChI=1S/C57H61N9O15S5.C24H34N4O8S3/c1-4-14-40-21-29-48(30-22-40)85(76,77)64-53(39(3)67)55(70)62-80-61-54(69)52(58)57(82)66(86(78,79)50-35-27-46(28-36-50)43-19-12-7-13-20-43)65(56(71)38(2)63-84(74,75)49-33-25-45(26-34-49)42-17-10-6-11-18-42)81-60-51(68)37-59-83(72,73)47-31-23-44(24-32-47)41-15-8-5-9-16-41;1-3-5-17-7-11-19(12-8-17)38(32,33)27-21(23(29)25-31)15-36-26-24(30)22(16-37)28-39(34,35)20-13-9-18(6-4-2)10-14-20/h5-13,15-36,38-39,52-53,57,59,63-64,67,82H,4,14,37,58H2,1-3H3,(H,60,68)(H,61,69)(H,62,70);7-14,21-22,27-28,31,37H,3-6,15-16H2,1-2H3,(H,25,29)(H,26,30)/t38-,39+,52+,53-,57?;21-,22-/m00/s1. The molecule has 9 aromatic rings. The molecule has 670 valence electrons. The van der Waals surface area contributed by atoms with Gasteiger partial charge in [-0.25, -0.2) is 82.6 Å². The second-order valence-corrected chi connectivity index (χ2v) is 38.9. The maximum atomic E-state index is 15.2. The van der Waals surface area contributed by atoms with E-state index in [2.05, 4.69) is 48.9 Å². The van der Waals surface area contributed by atoms with Crippen molar-refractivity contribution in [2.24, 2.45) is 5.73 Å². The number of hydrogen-bond donors (Lipinski definition) is 15. The zero-order valence-electron chi connectivity index (χ0n) is 67.7. The van der Waals surface area contributed by atoms with E-state index in [-0.39, 0.29) is 39.8 Å². The van der Waals surface area contributed by atoms with E-state index in [1.807, 2.05) is 44.5 Å². The Hall–Kier alpha value is -10.3. The van der Waals surface area contributed by atoms with Crippen LogP contribution in [0.25, 0.3) is 33.4 Å². The number of rotatable bonds is 44. The highest BCUT2D eigenvalue weighted by Crippen LogP contribution is 2.30. The van der Waals surface area contributed by atoms with E-state index < -0.39 is 155 Å². The minimum atomic E-state index is -5.39. The third-order valence-corrected chi connectivity index (χ3v) is 28.5. The van der Waals surface area contributed by atoms with E-state index in [0.29, 0.717) is 28.7 Å². The molecule has 0 spiro atoms. The molecule has 0 aliphatic carbocycles. The number of carbonyl (C=O) groups excluding carboxylic acids is 6. The van der Waals surface area contributed by atoms with Gasteiger partial charge in [-0.1, -0.05) is 208 Å². The van der Waals surface area contributed by atoms with Crippen LogP contribution in [0.5, 0.6) is 0 Å². The summed E-state index contributed by atoms with van der Waals surface area (Å²) in [6.07, 6.45) is 3.10. The van der Waals surface area contributed by atoms with E-state index in [1.54, 1.807) is 126 Å². The minimum absolute atomic E-state index is 0.0238. The smallest absolute Gasteiger partial charge is 0.282 e. The van der Waals surface area contributed by atoms with Crippen molar-refractivity contribution >= 4 is 121 Å². The molecule has 0 aliphatic heterocycles. The van der Waals surface area contributed by atoms with Gasteiger partial charge in [0.2, 0.25) is 50.1 Å². The molecule has 36 nitrogen and oxygen atoms in total. The summed E-state index contributed by atoms with van der Waals surface area (Å²) in [5.41, 5.74) is 21.7. The molecule has 0 saturated carbocycles. The van der Waals surface area contributed by atoms with Gasteiger partial charge in [0.25, 0.3) is 45.5 Å². The molecule has 125 heavy (non-hydrogen) atoms. The van der Waals surface area contributed by atoms with Gasteiger partial charge in [-0.15, -0.1) is 10.1 Å². The number of nitrogens with zero attached hydrogens (tertiary/aromatic N) is 2. The second-order valence-electron chi connectivity index (χ2n) is 27.6. The number of aliphatic hydroxyl groups is 1. The average molecular weight is 1880 g/mol. The quantitative estimate of drug-likeness (QED) is 0.0102. The van der Waals surface area contributed by atoms with Crippen LogP contribution in [0.2, 0.25) is 0 Å². The molecule has 0 heterocycles. The summed E-state index contributed by atoms with van der Waals surface area (Å²) >= 11 is 8.39. The van der Waals surface area contributed by atoms with Crippen molar-refractivity contribution in [3.63, 3.8) is 0 Å². The van der Waals surface area contributed by atoms with Crippen molar-refractivity contribution in [2.45, 2.75) is 144 Å². The first-order valence-corrected chi connectivity index (χ1v) is 48.3. The molecule has 14 N–H and O–H groups in total. The molecule has 44 heteroatoms. The van der Waals surface area contributed by atoms with Crippen molar-refractivity contribution in [3.8, 4) is 33.4 Å². The number of sulfonamides is 6. The number of thiol groups is 2. The predicted octanol–water partition coefficient (Wildman–Crippen LogP) is 5.14. The van der Waals surface area contributed by atoms with Gasteiger partial charge in [-0.2, -0.15) is 49.1 Å². The van der Waals surface area contributed by atoms with Crippen LogP contribution in [0.15, 0.2) is 266 Å². The lowest BCUT2D eigenvalue weighted by Gasteiger charge is -2.37.